The Balaban J connectivity index is 3.68. The molecule has 1 aromatic carbocycles. The summed E-state index contributed by atoms with van der Waals surface area (Å²) in [5.74, 6) is -1.95. The number of rotatable bonds is 3. The minimum atomic E-state index is -0.548. The fourth-order valence-corrected chi connectivity index (χ4v) is 1.53. The summed E-state index contributed by atoms with van der Waals surface area (Å²) >= 11 is 0. The summed E-state index contributed by atoms with van der Waals surface area (Å²) in [6.45, 7) is 1.82. The Morgan fingerprint density at radius 1 is 1.12 bits per heavy atom. The zero-order valence-corrected chi connectivity index (χ0v) is 8.94. The standard InChI is InChI=1S/C11H12O5/c1-5(13)9-8(15)3-7(4-12)11(16)10(9)6(2)14/h3,12,15-16H,4H2,1-2H3. The fraction of sp³-hybridized carbons (Fsp3) is 0.273. The summed E-state index contributed by atoms with van der Waals surface area (Å²) < 4.78 is 0. The van der Waals surface area contributed by atoms with Crippen molar-refractivity contribution in [2.45, 2.75) is 20.5 Å². The van der Waals surface area contributed by atoms with Crippen LogP contribution in [0.4, 0.5) is 0 Å². The second kappa shape index (κ2) is 4.32. The minimum Gasteiger partial charge on any atom is -0.507 e. The molecule has 16 heavy (non-hydrogen) atoms. The van der Waals surface area contributed by atoms with E-state index in [4.69, 9.17) is 5.11 Å². The van der Waals surface area contributed by atoms with Crippen molar-refractivity contribution in [2.75, 3.05) is 0 Å². The first-order valence-electron chi connectivity index (χ1n) is 4.60. The van der Waals surface area contributed by atoms with Gasteiger partial charge in [-0.15, -0.1) is 0 Å². The lowest BCUT2D eigenvalue weighted by Crippen LogP contribution is -2.07. The number of hydrogen-bond donors (Lipinski definition) is 3. The van der Waals surface area contributed by atoms with Gasteiger partial charge in [0.15, 0.2) is 11.6 Å². The molecule has 1 aromatic rings. The highest BCUT2D eigenvalue weighted by Crippen LogP contribution is 2.33. The molecule has 3 N–H and O–H groups in total. The first-order chi connectivity index (χ1) is 7.40. The first-order valence-corrected chi connectivity index (χ1v) is 4.60. The van der Waals surface area contributed by atoms with Gasteiger partial charge in [-0.1, -0.05) is 0 Å². The highest BCUT2D eigenvalue weighted by atomic mass is 16.3. The molecule has 86 valence electrons. The van der Waals surface area contributed by atoms with Crippen molar-refractivity contribution in [1.82, 2.24) is 0 Å². The van der Waals surface area contributed by atoms with Crippen LogP contribution >= 0.6 is 0 Å². The average Bonchev–Trinajstić information content (AvgIpc) is 2.19. The quantitative estimate of drug-likeness (QED) is 0.525. The van der Waals surface area contributed by atoms with Gasteiger partial charge in [0.1, 0.15) is 11.5 Å². The summed E-state index contributed by atoms with van der Waals surface area (Å²) in [5.41, 5.74) is -0.466. The number of benzene rings is 1. The van der Waals surface area contributed by atoms with E-state index in [1.54, 1.807) is 0 Å². The van der Waals surface area contributed by atoms with Gasteiger partial charge in [0.2, 0.25) is 0 Å². The van der Waals surface area contributed by atoms with Crippen molar-refractivity contribution in [3.8, 4) is 11.5 Å². The molecular formula is C11H12O5. The lowest BCUT2D eigenvalue weighted by molar-refractivity contribution is 0.0975. The predicted octanol–water partition coefficient (Wildman–Crippen LogP) is 0.995. The molecule has 5 nitrogen and oxygen atoms in total. The van der Waals surface area contributed by atoms with Gasteiger partial charge in [-0.3, -0.25) is 9.59 Å². The molecule has 0 aromatic heterocycles. The van der Waals surface area contributed by atoms with Crippen LogP contribution < -0.4 is 0 Å². The first kappa shape index (κ1) is 12.2. The molecule has 0 unspecified atom stereocenters. The summed E-state index contributed by atoms with van der Waals surface area (Å²) in [5, 5.41) is 28.1. The number of carbonyl (C=O) groups is 2. The van der Waals surface area contributed by atoms with Gasteiger partial charge >= 0.3 is 0 Å². The van der Waals surface area contributed by atoms with Crippen molar-refractivity contribution >= 4 is 11.6 Å². The second-order valence-electron chi connectivity index (χ2n) is 3.42. The van der Waals surface area contributed by atoms with Crippen LogP contribution in [0, 0.1) is 0 Å². The maximum absolute atomic E-state index is 11.3. The Morgan fingerprint density at radius 3 is 2.00 bits per heavy atom. The lowest BCUT2D eigenvalue weighted by Gasteiger charge is -2.11. The van der Waals surface area contributed by atoms with Gasteiger partial charge in [-0.25, -0.2) is 0 Å². The molecule has 0 spiro atoms. The van der Waals surface area contributed by atoms with E-state index in [1.165, 1.54) is 13.8 Å². The van der Waals surface area contributed by atoms with E-state index < -0.39 is 29.7 Å². The monoisotopic (exact) mass is 224 g/mol. The largest absolute Gasteiger partial charge is 0.507 e. The molecule has 0 heterocycles. The summed E-state index contributed by atoms with van der Waals surface area (Å²) in [7, 11) is 0. The zero-order valence-electron chi connectivity index (χ0n) is 8.94. The van der Waals surface area contributed by atoms with E-state index in [0.717, 1.165) is 6.07 Å². The van der Waals surface area contributed by atoms with Crippen LogP contribution in [0.25, 0.3) is 0 Å². The molecule has 0 radical (unpaired) electrons. The van der Waals surface area contributed by atoms with E-state index in [2.05, 4.69) is 0 Å². The number of phenols is 2. The third-order valence-electron chi connectivity index (χ3n) is 2.23. The van der Waals surface area contributed by atoms with E-state index in [-0.39, 0.29) is 16.7 Å². The van der Waals surface area contributed by atoms with Gasteiger partial charge in [0.05, 0.1) is 17.7 Å². The molecule has 1 rings (SSSR count). The summed E-state index contributed by atoms with van der Waals surface area (Å²) in [4.78, 5) is 22.6. The molecule has 0 fully saturated rings. The maximum Gasteiger partial charge on any atom is 0.164 e. The number of carbonyl (C=O) groups excluding carboxylic acids is 2. The smallest absolute Gasteiger partial charge is 0.164 e. The number of phenolic OH excluding ortho intramolecular Hbond substituents is 1. The van der Waals surface area contributed by atoms with Gasteiger partial charge in [-0.2, -0.15) is 0 Å². The van der Waals surface area contributed by atoms with Gasteiger partial charge in [-0.05, 0) is 19.9 Å². The van der Waals surface area contributed by atoms with E-state index >= 15 is 0 Å². The third kappa shape index (κ3) is 1.90. The molecule has 0 atom stereocenters. The third-order valence-corrected chi connectivity index (χ3v) is 2.23. The van der Waals surface area contributed by atoms with Gasteiger partial charge in [0.25, 0.3) is 0 Å². The summed E-state index contributed by atoms with van der Waals surface area (Å²) in [6, 6.07) is 1.07. The molecule has 0 amide bonds. The molecule has 0 saturated heterocycles. The molecule has 0 aliphatic rings. The Kier molecular flexibility index (Phi) is 3.29. The molecular weight excluding hydrogens is 212 g/mol. The topological polar surface area (TPSA) is 94.8 Å². The van der Waals surface area contributed by atoms with E-state index in [9.17, 15) is 19.8 Å². The van der Waals surface area contributed by atoms with Crippen LogP contribution in [0.2, 0.25) is 0 Å². The number of aliphatic hydroxyl groups is 1. The van der Waals surface area contributed by atoms with Crippen molar-refractivity contribution in [2.24, 2.45) is 0 Å². The highest BCUT2D eigenvalue weighted by Gasteiger charge is 2.22. The van der Waals surface area contributed by atoms with Crippen LogP contribution in [0.5, 0.6) is 11.5 Å². The zero-order chi connectivity index (χ0) is 12.5. The van der Waals surface area contributed by atoms with E-state index in [1.807, 2.05) is 0 Å². The second-order valence-corrected chi connectivity index (χ2v) is 3.42. The van der Waals surface area contributed by atoms with Crippen LogP contribution in [-0.2, 0) is 6.61 Å². The molecule has 0 bridgehead atoms. The lowest BCUT2D eigenvalue weighted by atomic mass is 9.96. The van der Waals surface area contributed by atoms with Gasteiger partial charge in [0, 0.05) is 5.56 Å². The van der Waals surface area contributed by atoms with Crippen molar-refractivity contribution in [3.63, 3.8) is 0 Å². The number of aromatic hydroxyl groups is 2. The van der Waals surface area contributed by atoms with Crippen LogP contribution in [0.3, 0.4) is 0 Å². The predicted molar refractivity (Wildman–Crippen MR) is 55.7 cm³/mol. The van der Waals surface area contributed by atoms with Crippen LogP contribution in [-0.4, -0.2) is 26.9 Å². The number of aliphatic hydroxyl groups excluding tert-OH is 1. The van der Waals surface area contributed by atoms with Crippen molar-refractivity contribution in [3.05, 3.63) is 22.8 Å². The Bertz CT molecular complexity index is 462. The highest BCUT2D eigenvalue weighted by molar-refractivity contribution is 6.10. The van der Waals surface area contributed by atoms with Crippen molar-refractivity contribution < 1.29 is 24.9 Å². The average molecular weight is 224 g/mol. The number of Topliss-reactive ketones (excluding diaryl/α,β-unsaturated/α-hetero) is 2. The Morgan fingerprint density at radius 2 is 1.62 bits per heavy atom. The SMILES string of the molecule is CC(=O)c1c(O)cc(CO)c(O)c1C(C)=O. The maximum atomic E-state index is 11.3. The number of hydrogen-bond acceptors (Lipinski definition) is 5. The number of ketones is 2. The Hall–Kier alpha value is -1.88. The fourth-order valence-electron chi connectivity index (χ4n) is 1.53. The van der Waals surface area contributed by atoms with Gasteiger partial charge < -0.3 is 15.3 Å². The van der Waals surface area contributed by atoms with Crippen LogP contribution in [0.1, 0.15) is 40.1 Å². The molecule has 0 aliphatic heterocycles. The normalized spacial score (nSPS) is 10.2. The van der Waals surface area contributed by atoms with Crippen LogP contribution in [0.15, 0.2) is 6.07 Å². The molecule has 5 heteroatoms. The molecule has 0 aliphatic carbocycles. The minimum absolute atomic E-state index is 0.00713. The summed E-state index contributed by atoms with van der Waals surface area (Å²) in [6.07, 6.45) is 0. The molecule has 0 saturated carbocycles. The van der Waals surface area contributed by atoms with E-state index in [0.29, 0.717) is 0 Å². The Labute approximate surface area is 92.0 Å². The van der Waals surface area contributed by atoms with Crippen molar-refractivity contribution in [1.29, 1.82) is 0 Å².